The van der Waals surface area contributed by atoms with E-state index in [1.54, 1.807) is 0 Å². The molecule has 0 fully saturated rings. The van der Waals surface area contributed by atoms with Crippen LogP contribution in [0.3, 0.4) is 0 Å². The SMILES string of the molecule is c1ccc(P(c2ccccc2)c2cccc(P(c3ccccc3)c3ccccc3)c2)cc1.c1ccccc1. The summed E-state index contributed by atoms with van der Waals surface area (Å²) in [7, 11) is -1.23. The number of hydrogen-bond donors (Lipinski definition) is 0. The molecule has 0 aliphatic carbocycles. The molecule has 0 bridgehead atoms. The molecule has 0 unspecified atom stereocenters. The molecular formula is C36H30P2. The molecule has 0 amide bonds. The Hall–Kier alpha value is -3.82. The summed E-state index contributed by atoms with van der Waals surface area (Å²) in [6, 6.07) is 65.0. The minimum atomic E-state index is -0.614. The largest absolute Gasteiger partial charge is 0.0623 e. The monoisotopic (exact) mass is 524 g/mol. The van der Waals surface area contributed by atoms with Gasteiger partial charge in [-0.3, -0.25) is 0 Å². The van der Waals surface area contributed by atoms with E-state index in [0.29, 0.717) is 0 Å². The summed E-state index contributed by atoms with van der Waals surface area (Å²) in [6.45, 7) is 0. The Balaban J connectivity index is 0.000000433. The third-order valence-electron chi connectivity index (χ3n) is 6.07. The van der Waals surface area contributed by atoms with Gasteiger partial charge in [0.25, 0.3) is 0 Å². The Morgan fingerprint density at radius 1 is 0.211 bits per heavy atom. The van der Waals surface area contributed by atoms with Crippen molar-refractivity contribution in [1.82, 2.24) is 0 Å². The minimum Gasteiger partial charge on any atom is -0.0623 e. The predicted molar refractivity (Wildman–Crippen MR) is 170 cm³/mol. The van der Waals surface area contributed by atoms with Crippen molar-refractivity contribution in [1.29, 1.82) is 0 Å². The van der Waals surface area contributed by atoms with Crippen LogP contribution in [0.1, 0.15) is 0 Å². The lowest BCUT2D eigenvalue weighted by Gasteiger charge is -2.23. The van der Waals surface area contributed by atoms with E-state index in [0.717, 1.165) is 0 Å². The van der Waals surface area contributed by atoms with E-state index in [1.165, 1.54) is 31.8 Å². The van der Waals surface area contributed by atoms with E-state index < -0.39 is 15.8 Å². The van der Waals surface area contributed by atoms with Gasteiger partial charge < -0.3 is 0 Å². The second-order valence-corrected chi connectivity index (χ2v) is 13.1. The average Bonchev–Trinajstić information content (AvgIpc) is 3.01. The fraction of sp³-hybridized carbons (Fsp3) is 0. The fourth-order valence-electron chi connectivity index (χ4n) is 4.36. The molecule has 0 atom stereocenters. The van der Waals surface area contributed by atoms with Gasteiger partial charge in [-0.1, -0.05) is 176 Å². The Labute approximate surface area is 229 Å². The zero-order valence-electron chi connectivity index (χ0n) is 21.2. The topological polar surface area (TPSA) is 0 Å². The highest BCUT2D eigenvalue weighted by atomic mass is 31.1. The van der Waals surface area contributed by atoms with Gasteiger partial charge in [0.05, 0.1) is 0 Å². The van der Waals surface area contributed by atoms with Crippen LogP contribution in [0, 0.1) is 0 Å². The van der Waals surface area contributed by atoms with E-state index in [2.05, 4.69) is 146 Å². The van der Waals surface area contributed by atoms with Gasteiger partial charge in [-0.05, 0) is 53.7 Å². The molecule has 38 heavy (non-hydrogen) atoms. The van der Waals surface area contributed by atoms with Gasteiger partial charge in [0.15, 0.2) is 0 Å². The summed E-state index contributed by atoms with van der Waals surface area (Å²) < 4.78 is 0. The quantitative estimate of drug-likeness (QED) is 0.208. The average molecular weight is 525 g/mol. The normalized spacial score (nSPS) is 10.6. The van der Waals surface area contributed by atoms with Crippen molar-refractivity contribution in [2.75, 3.05) is 0 Å². The van der Waals surface area contributed by atoms with Crippen molar-refractivity contribution in [2.45, 2.75) is 0 Å². The highest BCUT2D eigenvalue weighted by Crippen LogP contribution is 2.36. The Morgan fingerprint density at radius 3 is 0.684 bits per heavy atom. The molecule has 6 rings (SSSR count). The summed E-state index contributed by atoms with van der Waals surface area (Å²) in [5.74, 6) is 0. The van der Waals surface area contributed by atoms with Crippen LogP contribution >= 0.6 is 15.8 Å². The molecule has 2 heteroatoms. The Bertz CT molecular complexity index is 1280. The van der Waals surface area contributed by atoms with Crippen molar-refractivity contribution in [3.05, 3.63) is 182 Å². The molecule has 0 aliphatic heterocycles. The standard InChI is InChI=1S/C30H24P2.C6H6/c1-5-14-25(15-6-1)31(26-16-7-2-8-17-26)29-22-13-23-30(24-29)32(27-18-9-3-10-19-27)28-20-11-4-12-21-28;1-2-4-6-5-3-1/h1-24H;1-6H. The van der Waals surface area contributed by atoms with Gasteiger partial charge in [-0.15, -0.1) is 0 Å². The van der Waals surface area contributed by atoms with E-state index in [9.17, 15) is 0 Å². The van der Waals surface area contributed by atoms with Crippen molar-refractivity contribution < 1.29 is 0 Å². The van der Waals surface area contributed by atoms with E-state index >= 15 is 0 Å². The van der Waals surface area contributed by atoms with Gasteiger partial charge >= 0.3 is 0 Å². The van der Waals surface area contributed by atoms with Gasteiger partial charge in [0, 0.05) is 0 Å². The van der Waals surface area contributed by atoms with E-state index in [-0.39, 0.29) is 0 Å². The fourth-order valence-corrected chi connectivity index (χ4v) is 9.14. The predicted octanol–water partition coefficient (Wildman–Crippen LogP) is 6.89. The Kier molecular flexibility index (Phi) is 9.27. The molecule has 0 N–H and O–H groups in total. The molecule has 0 spiro atoms. The first-order valence-electron chi connectivity index (χ1n) is 12.8. The molecule has 0 saturated heterocycles. The Morgan fingerprint density at radius 2 is 0.421 bits per heavy atom. The van der Waals surface area contributed by atoms with Crippen LogP contribution in [-0.4, -0.2) is 0 Å². The summed E-state index contributed by atoms with van der Waals surface area (Å²) in [5.41, 5.74) is 0. The molecule has 6 aromatic carbocycles. The minimum absolute atomic E-state index is 0.614. The van der Waals surface area contributed by atoms with Crippen molar-refractivity contribution in [3.63, 3.8) is 0 Å². The molecule has 6 aromatic rings. The third kappa shape index (κ3) is 6.73. The van der Waals surface area contributed by atoms with Crippen LogP contribution in [0.25, 0.3) is 0 Å². The molecule has 0 saturated carbocycles. The van der Waals surface area contributed by atoms with E-state index in [1.807, 2.05) is 36.4 Å². The van der Waals surface area contributed by atoms with Gasteiger partial charge in [-0.25, -0.2) is 0 Å². The number of benzene rings is 6. The molecular weight excluding hydrogens is 494 g/mol. The molecule has 0 aliphatic rings. The van der Waals surface area contributed by atoms with Crippen LogP contribution in [-0.2, 0) is 0 Å². The lowest BCUT2D eigenvalue weighted by Crippen LogP contribution is -2.26. The van der Waals surface area contributed by atoms with Gasteiger partial charge in [-0.2, -0.15) is 0 Å². The molecule has 184 valence electrons. The lowest BCUT2D eigenvalue weighted by atomic mass is 10.3. The summed E-state index contributed by atoms with van der Waals surface area (Å²) >= 11 is 0. The van der Waals surface area contributed by atoms with Crippen LogP contribution in [0.15, 0.2) is 182 Å². The first kappa shape index (κ1) is 25.8. The van der Waals surface area contributed by atoms with Gasteiger partial charge in [0.1, 0.15) is 0 Å². The van der Waals surface area contributed by atoms with Crippen LogP contribution in [0.2, 0.25) is 0 Å². The second kappa shape index (κ2) is 13.6. The van der Waals surface area contributed by atoms with Gasteiger partial charge in [0.2, 0.25) is 0 Å². The molecule has 0 heterocycles. The smallest absolute Gasteiger partial charge is 0.0134 e. The third-order valence-corrected chi connectivity index (χ3v) is 10.9. The van der Waals surface area contributed by atoms with Crippen molar-refractivity contribution in [3.8, 4) is 0 Å². The number of rotatable bonds is 6. The molecule has 0 nitrogen and oxygen atoms in total. The summed E-state index contributed by atoms with van der Waals surface area (Å²) in [5, 5.41) is 8.33. The molecule has 0 aromatic heterocycles. The lowest BCUT2D eigenvalue weighted by molar-refractivity contribution is 1.72. The number of hydrogen-bond acceptors (Lipinski definition) is 0. The highest BCUT2D eigenvalue weighted by molar-refractivity contribution is 7.81. The maximum atomic E-state index is 2.46. The maximum Gasteiger partial charge on any atom is -0.0134 e. The maximum absolute atomic E-state index is 2.46. The highest BCUT2D eigenvalue weighted by Gasteiger charge is 2.20. The molecule has 0 radical (unpaired) electrons. The van der Waals surface area contributed by atoms with Crippen molar-refractivity contribution in [2.24, 2.45) is 0 Å². The zero-order chi connectivity index (χ0) is 25.8. The first-order chi connectivity index (χ1) is 18.9. The van der Waals surface area contributed by atoms with Crippen LogP contribution < -0.4 is 31.8 Å². The van der Waals surface area contributed by atoms with Crippen LogP contribution in [0.5, 0.6) is 0 Å². The second-order valence-electron chi connectivity index (χ2n) is 8.69. The first-order valence-corrected chi connectivity index (χ1v) is 15.5. The summed E-state index contributed by atoms with van der Waals surface area (Å²) in [6.07, 6.45) is 0. The van der Waals surface area contributed by atoms with Crippen LogP contribution in [0.4, 0.5) is 0 Å². The zero-order valence-corrected chi connectivity index (χ0v) is 23.0. The summed E-state index contributed by atoms with van der Waals surface area (Å²) in [4.78, 5) is 0. The van der Waals surface area contributed by atoms with E-state index in [4.69, 9.17) is 0 Å². The van der Waals surface area contributed by atoms with Crippen molar-refractivity contribution >= 4 is 47.7 Å².